The molecule has 0 aliphatic rings. The molecule has 0 bridgehead atoms. The van der Waals surface area contributed by atoms with Crippen LogP contribution in [0.1, 0.15) is 20.8 Å². The molecule has 178 valence electrons. The Morgan fingerprint density at radius 3 is 2.12 bits per heavy atom. The number of methoxy groups -OCH3 is 2. The van der Waals surface area contributed by atoms with E-state index in [-0.39, 0.29) is 22.1 Å². The monoisotopic (exact) mass is 497 g/mol. The van der Waals surface area contributed by atoms with E-state index in [0.717, 1.165) is 4.42 Å². The number of Topliss-reactive ketones (excluding diaryl/α,β-unsaturated/α-hetero) is 1. The van der Waals surface area contributed by atoms with E-state index in [1.165, 1.54) is 27.2 Å². The summed E-state index contributed by atoms with van der Waals surface area (Å²) in [4.78, 5) is 25.2. The van der Waals surface area contributed by atoms with Gasteiger partial charge in [-0.1, -0.05) is 11.6 Å². The first-order valence-electron chi connectivity index (χ1n) is 9.99. The molecule has 0 N–H and O–H groups in total. The van der Waals surface area contributed by atoms with E-state index in [0.29, 0.717) is 30.5 Å². The molecule has 0 aliphatic carbocycles. The van der Waals surface area contributed by atoms with Gasteiger partial charge in [0.1, 0.15) is 22.2 Å². The third-order valence-electron chi connectivity index (χ3n) is 4.27. The van der Waals surface area contributed by atoms with Crippen LogP contribution in [0.2, 0.25) is 5.02 Å². The lowest BCUT2D eigenvalue weighted by Crippen LogP contribution is -2.36. The van der Waals surface area contributed by atoms with Crippen molar-refractivity contribution >= 4 is 46.4 Å². The summed E-state index contributed by atoms with van der Waals surface area (Å²) in [7, 11) is 2.89. The average molecular weight is 498 g/mol. The van der Waals surface area contributed by atoms with Gasteiger partial charge in [-0.2, -0.15) is 10.2 Å². The minimum atomic E-state index is -1.50. The largest absolute Gasteiger partial charge is 0.494 e. The fourth-order valence-electron chi connectivity index (χ4n) is 2.79. The van der Waals surface area contributed by atoms with Crippen LogP contribution in [-0.4, -0.2) is 45.2 Å². The molecule has 1 unspecified atom stereocenters. The van der Waals surface area contributed by atoms with Crippen LogP contribution in [0.5, 0.6) is 23.0 Å². The number of carbonyl (C=O) groups excluding carboxylic acids is 2. The van der Waals surface area contributed by atoms with Gasteiger partial charge in [0.2, 0.25) is 6.04 Å². The van der Waals surface area contributed by atoms with Crippen LogP contribution in [0.3, 0.4) is 0 Å². The summed E-state index contributed by atoms with van der Waals surface area (Å²) in [6, 6.07) is 6.37. The van der Waals surface area contributed by atoms with Gasteiger partial charge in [0.05, 0.1) is 33.1 Å². The molecule has 0 aliphatic heterocycles. The highest BCUT2D eigenvalue weighted by atomic mass is 35.5. The van der Waals surface area contributed by atoms with Gasteiger partial charge in [0.25, 0.3) is 5.91 Å². The zero-order valence-corrected chi connectivity index (χ0v) is 20.4. The number of hydrogen-bond donors (Lipinski definition) is 0. The first-order valence-corrected chi connectivity index (χ1v) is 10.7. The van der Waals surface area contributed by atoms with Gasteiger partial charge in [0.15, 0.2) is 17.3 Å². The third kappa shape index (κ3) is 6.49. The molecule has 11 heteroatoms. The molecule has 2 rings (SSSR count). The van der Waals surface area contributed by atoms with Crippen molar-refractivity contribution in [2.24, 2.45) is 10.2 Å². The van der Waals surface area contributed by atoms with Gasteiger partial charge in [-0.15, -0.1) is 0 Å². The van der Waals surface area contributed by atoms with Gasteiger partial charge in [0, 0.05) is 30.0 Å². The van der Waals surface area contributed by atoms with Crippen molar-refractivity contribution in [2.45, 2.75) is 26.8 Å². The van der Waals surface area contributed by atoms with Crippen molar-refractivity contribution in [1.82, 2.24) is 0 Å². The first-order chi connectivity index (χ1) is 15.8. The highest BCUT2D eigenvalue weighted by Gasteiger charge is 2.29. The number of ketones is 1. The fourth-order valence-corrected chi connectivity index (χ4v) is 3.25. The summed E-state index contributed by atoms with van der Waals surface area (Å²) in [5.74, 6) is 0.186. The van der Waals surface area contributed by atoms with Crippen molar-refractivity contribution in [3.63, 3.8) is 0 Å². The van der Waals surface area contributed by atoms with Crippen LogP contribution < -0.4 is 23.4 Å². The molecule has 0 saturated carbocycles. The Balaban J connectivity index is 2.37. The van der Waals surface area contributed by atoms with Gasteiger partial charge in [-0.05, 0) is 32.9 Å². The lowest BCUT2D eigenvalue weighted by atomic mass is 10.2. The number of amides is 1. The van der Waals surface area contributed by atoms with Gasteiger partial charge < -0.3 is 18.9 Å². The summed E-state index contributed by atoms with van der Waals surface area (Å²) in [5.41, 5.74) is 0.438. The van der Waals surface area contributed by atoms with Crippen molar-refractivity contribution in [3.05, 3.63) is 35.4 Å². The number of benzene rings is 2. The summed E-state index contributed by atoms with van der Waals surface area (Å²) in [6.45, 7) is 5.66. The Kier molecular flexibility index (Phi) is 9.74. The number of nitrogens with zero attached hydrogens (tertiary/aromatic N) is 3. The predicted molar refractivity (Wildman–Crippen MR) is 126 cm³/mol. The van der Waals surface area contributed by atoms with Crippen molar-refractivity contribution in [2.75, 3.05) is 31.9 Å². The predicted octanol–water partition coefficient (Wildman–Crippen LogP) is 5.38. The summed E-state index contributed by atoms with van der Waals surface area (Å²) < 4.78 is 22.2. The maximum Gasteiger partial charge on any atom is 0.276 e. The zero-order chi connectivity index (χ0) is 24.5. The molecule has 0 aromatic heterocycles. The number of azo groups is 1. The molecular weight excluding hydrogens is 473 g/mol. The number of anilines is 1. The highest BCUT2D eigenvalue weighted by Crippen LogP contribution is 2.41. The topological polar surface area (TPSA) is 99.0 Å². The van der Waals surface area contributed by atoms with Crippen LogP contribution in [-0.2, 0) is 9.59 Å². The number of rotatable bonds is 11. The molecule has 0 spiro atoms. The Hall–Kier alpha value is -3.04. The lowest BCUT2D eigenvalue weighted by Gasteiger charge is -2.19. The molecule has 1 amide bonds. The van der Waals surface area contributed by atoms with E-state index in [9.17, 15) is 9.59 Å². The molecule has 0 fully saturated rings. The van der Waals surface area contributed by atoms with Crippen molar-refractivity contribution < 1.29 is 28.5 Å². The van der Waals surface area contributed by atoms with E-state index in [1.807, 2.05) is 13.8 Å². The first kappa shape index (κ1) is 26.2. The maximum absolute atomic E-state index is 13.0. The summed E-state index contributed by atoms with van der Waals surface area (Å²) >= 11 is 12.6. The van der Waals surface area contributed by atoms with Crippen molar-refractivity contribution in [1.29, 1.82) is 0 Å². The second-order valence-electron chi connectivity index (χ2n) is 6.51. The quantitative estimate of drug-likeness (QED) is 0.234. The molecule has 0 saturated heterocycles. The smallest absolute Gasteiger partial charge is 0.276 e. The fraction of sp³-hybridized carbons (Fsp3) is 0.364. The highest BCUT2D eigenvalue weighted by molar-refractivity contribution is 6.39. The van der Waals surface area contributed by atoms with E-state index in [2.05, 4.69) is 10.2 Å². The SMILES string of the molecule is CCOc1cc(OCC)cc(N(Cl)C(=O)C(N=Nc2ccc(OC)c(OC)c2Cl)C(C)=O)c1. The zero-order valence-electron chi connectivity index (χ0n) is 18.9. The van der Waals surface area contributed by atoms with Crippen LogP contribution in [0, 0.1) is 0 Å². The number of hydrogen-bond acceptors (Lipinski definition) is 8. The summed E-state index contributed by atoms with van der Waals surface area (Å²) in [5, 5.41) is 8.00. The minimum Gasteiger partial charge on any atom is -0.494 e. The Labute approximate surface area is 202 Å². The van der Waals surface area contributed by atoms with E-state index >= 15 is 0 Å². The number of ether oxygens (including phenoxy) is 4. The molecule has 2 aromatic carbocycles. The molecular formula is C22H25Cl2N3O6. The summed E-state index contributed by atoms with van der Waals surface area (Å²) in [6.07, 6.45) is 0. The molecule has 0 heterocycles. The minimum absolute atomic E-state index is 0.115. The molecule has 0 radical (unpaired) electrons. The number of carbonyl (C=O) groups is 2. The third-order valence-corrected chi connectivity index (χ3v) is 5.00. The molecule has 2 aromatic rings. The van der Waals surface area contributed by atoms with E-state index in [1.54, 1.807) is 24.3 Å². The van der Waals surface area contributed by atoms with Crippen molar-refractivity contribution in [3.8, 4) is 23.0 Å². The normalized spacial score (nSPS) is 11.7. The van der Waals surface area contributed by atoms with E-state index in [4.69, 9.17) is 42.3 Å². The van der Waals surface area contributed by atoms with Crippen LogP contribution in [0.25, 0.3) is 0 Å². The van der Waals surface area contributed by atoms with Crippen LogP contribution in [0.4, 0.5) is 11.4 Å². The van der Waals surface area contributed by atoms with Gasteiger partial charge in [-0.3, -0.25) is 9.59 Å². The Bertz CT molecular complexity index is 1010. The second kappa shape index (κ2) is 12.3. The number of halogens is 2. The maximum atomic E-state index is 13.0. The van der Waals surface area contributed by atoms with Gasteiger partial charge in [-0.25, -0.2) is 4.42 Å². The van der Waals surface area contributed by atoms with Gasteiger partial charge >= 0.3 is 0 Å². The van der Waals surface area contributed by atoms with E-state index < -0.39 is 17.7 Å². The lowest BCUT2D eigenvalue weighted by molar-refractivity contribution is -0.126. The average Bonchev–Trinajstić information content (AvgIpc) is 2.79. The molecule has 33 heavy (non-hydrogen) atoms. The Morgan fingerprint density at radius 1 is 1.03 bits per heavy atom. The Morgan fingerprint density at radius 2 is 1.64 bits per heavy atom. The molecule has 1 atom stereocenters. The van der Waals surface area contributed by atoms with Crippen LogP contribution in [0.15, 0.2) is 40.6 Å². The molecule has 9 nitrogen and oxygen atoms in total. The standard InChI is InChI=1S/C22H25Cl2N3O6/c1-6-32-15-10-14(11-16(12-15)33-7-2)27(24)22(29)20(13(3)28)26-25-17-8-9-18(30-4)21(31-5)19(17)23/h8-12,20H,6-7H2,1-5H3. The van der Waals surface area contributed by atoms with Crippen LogP contribution >= 0.6 is 23.4 Å². The second-order valence-corrected chi connectivity index (χ2v) is 7.23.